The third kappa shape index (κ3) is 3.54. The molecule has 0 radical (unpaired) electrons. The van der Waals surface area contributed by atoms with Crippen molar-refractivity contribution >= 4 is 34.4 Å². The summed E-state index contributed by atoms with van der Waals surface area (Å²) in [6, 6.07) is 20.9. The zero-order valence-corrected chi connectivity index (χ0v) is 17.1. The minimum Gasteiger partial charge on any atom is -0.337 e. The van der Waals surface area contributed by atoms with E-state index in [1.54, 1.807) is 11.8 Å². The van der Waals surface area contributed by atoms with Crippen molar-refractivity contribution in [2.75, 3.05) is 6.26 Å². The van der Waals surface area contributed by atoms with Gasteiger partial charge in [-0.15, -0.1) is 11.8 Å². The van der Waals surface area contributed by atoms with Crippen LogP contribution in [0.5, 0.6) is 0 Å². The number of pyridine rings is 1. The average molecular weight is 469 g/mol. The molecule has 0 bridgehead atoms. The number of thioether (sulfide) groups is 1. The molecular formula is C21H16IN3S. The Morgan fingerprint density at radius 2 is 1.65 bits per heavy atom. The van der Waals surface area contributed by atoms with E-state index in [2.05, 4.69) is 87.3 Å². The number of nitrogens with zero attached hydrogens (tertiary/aromatic N) is 2. The van der Waals surface area contributed by atoms with Crippen LogP contribution in [0, 0.1) is 3.57 Å². The predicted molar refractivity (Wildman–Crippen MR) is 117 cm³/mol. The summed E-state index contributed by atoms with van der Waals surface area (Å²) < 4.78 is 1.19. The molecule has 0 aliphatic carbocycles. The molecule has 0 fully saturated rings. The lowest BCUT2D eigenvalue weighted by molar-refractivity contribution is 1.29. The van der Waals surface area contributed by atoms with Crippen LogP contribution in [0.4, 0.5) is 0 Å². The molecule has 0 aliphatic heterocycles. The first-order valence-electron chi connectivity index (χ1n) is 8.15. The molecule has 0 saturated carbocycles. The van der Waals surface area contributed by atoms with Crippen LogP contribution in [-0.2, 0) is 0 Å². The normalized spacial score (nSPS) is 10.8. The Morgan fingerprint density at radius 1 is 0.885 bits per heavy atom. The number of benzene rings is 2. The minimum atomic E-state index is 0.873. The van der Waals surface area contributed by atoms with Gasteiger partial charge in [0.25, 0.3) is 0 Å². The van der Waals surface area contributed by atoms with Gasteiger partial charge in [0, 0.05) is 37.5 Å². The SMILES string of the molecule is CSc1ccc(-c2nc(-c3cccc(I)c3)c(-c3ccncc3)[nH]2)cc1. The first-order valence-corrected chi connectivity index (χ1v) is 10.5. The van der Waals surface area contributed by atoms with Gasteiger partial charge in [-0.2, -0.15) is 0 Å². The zero-order chi connectivity index (χ0) is 17.9. The molecule has 2 aromatic carbocycles. The molecule has 128 valence electrons. The van der Waals surface area contributed by atoms with Gasteiger partial charge in [-0.05, 0) is 65.2 Å². The van der Waals surface area contributed by atoms with E-state index in [1.807, 2.05) is 24.5 Å². The van der Waals surface area contributed by atoms with Crippen molar-refractivity contribution < 1.29 is 0 Å². The van der Waals surface area contributed by atoms with Crippen LogP contribution in [0.15, 0.2) is 78.0 Å². The van der Waals surface area contributed by atoms with Crippen molar-refractivity contribution in [2.45, 2.75) is 4.90 Å². The van der Waals surface area contributed by atoms with E-state index >= 15 is 0 Å². The smallest absolute Gasteiger partial charge is 0.138 e. The molecule has 4 aromatic rings. The Kier molecular flexibility index (Phi) is 5.08. The van der Waals surface area contributed by atoms with E-state index in [1.165, 1.54) is 8.47 Å². The summed E-state index contributed by atoms with van der Waals surface area (Å²) in [6.45, 7) is 0. The topological polar surface area (TPSA) is 41.6 Å². The standard InChI is InChI=1S/C21H16IN3S/c1-26-18-7-5-15(6-8-18)21-24-19(14-9-11-23-12-10-14)20(25-21)16-3-2-4-17(22)13-16/h2-13H,1H3,(H,24,25). The van der Waals surface area contributed by atoms with Gasteiger partial charge < -0.3 is 4.98 Å². The largest absolute Gasteiger partial charge is 0.337 e. The lowest BCUT2D eigenvalue weighted by atomic mass is 10.1. The van der Waals surface area contributed by atoms with Crippen molar-refractivity contribution in [3.63, 3.8) is 0 Å². The van der Waals surface area contributed by atoms with Gasteiger partial charge in [-0.3, -0.25) is 4.98 Å². The van der Waals surface area contributed by atoms with Crippen molar-refractivity contribution in [2.24, 2.45) is 0 Å². The number of nitrogens with one attached hydrogen (secondary N) is 1. The fraction of sp³-hybridized carbons (Fsp3) is 0.0476. The van der Waals surface area contributed by atoms with E-state index in [0.29, 0.717) is 0 Å². The summed E-state index contributed by atoms with van der Waals surface area (Å²) in [4.78, 5) is 13.8. The second kappa shape index (κ2) is 7.63. The molecule has 0 aliphatic rings. The molecule has 1 N–H and O–H groups in total. The monoisotopic (exact) mass is 469 g/mol. The fourth-order valence-corrected chi connectivity index (χ4v) is 3.78. The maximum absolute atomic E-state index is 4.94. The predicted octanol–water partition coefficient (Wildman–Crippen LogP) is 6.13. The van der Waals surface area contributed by atoms with E-state index in [9.17, 15) is 0 Å². The highest BCUT2D eigenvalue weighted by Crippen LogP contribution is 2.33. The molecule has 0 amide bonds. The van der Waals surface area contributed by atoms with Crippen LogP contribution in [-0.4, -0.2) is 21.2 Å². The summed E-state index contributed by atoms with van der Waals surface area (Å²) in [5, 5.41) is 0. The van der Waals surface area contributed by atoms with Crippen LogP contribution in [0.2, 0.25) is 0 Å². The van der Waals surface area contributed by atoms with Crippen LogP contribution in [0.1, 0.15) is 0 Å². The van der Waals surface area contributed by atoms with Gasteiger partial charge in [-0.25, -0.2) is 4.98 Å². The minimum absolute atomic E-state index is 0.873. The van der Waals surface area contributed by atoms with Gasteiger partial charge in [0.1, 0.15) is 5.82 Å². The summed E-state index contributed by atoms with van der Waals surface area (Å²) in [5.41, 5.74) is 5.23. The maximum Gasteiger partial charge on any atom is 0.138 e. The number of hydrogen-bond donors (Lipinski definition) is 1. The van der Waals surface area contributed by atoms with Crippen molar-refractivity contribution in [1.82, 2.24) is 15.0 Å². The molecule has 0 unspecified atom stereocenters. The van der Waals surface area contributed by atoms with Gasteiger partial charge in [0.2, 0.25) is 0 Å². The Bertz CT molecular complexity index is 1030. The molecule has 0 saturated heterocycles. The average Bonchev–Trinajstić information content (AvgIpc) is 3.14. The molecule has 26 heavy (non-hydrogen) atoms. The third-order valence-electron chi connectivity index (χ3n) is 4.13. The summed E-state index contributed by atoms with van der Waals surface area (Å²) in [7, 11) is 0. The molecule has 5 heteroatoms. The van der Waals surface area contributed by atoms with Crippen molar-refractivity contribution in [1.29, 1.82) is 0 Å². The number of halogens is 1. The quantitative estimate of drug-likeness (QED) is 0.289. The van der Waals surface area contributed by atoms with Crippen molar-refractivity contribution in [3.05, 3.63) is 76.6 Å². The lowest BCUT2D eigenvalue weighted by Gasteiger charge is -2.03. The van der Waals surface area contributed by atoms with Gasteiger partial charge in [0.05, 0.1) is 11.4 Å². The van der Waals surface area contributed by atoms with Gasteiger partial charge >= 0.3 is 0 Å². The Morgan fingerprint density at radius 3 is 2.35 bits per heavy atom. The summed E-state index contributed by atoms with van der Waals surface area (Å²) in [5.74, 6) is 0.873. The third-order valence-corrected chi connectivity index (χ3v) is 5.55. The van der Waals surface area contributed by atoms with Crippen LogP contribution >= 0.6 is 34.4 Å². The first kappa shape index (κ1) is 17.3. The number of imidazole rings is 1. The van der Waals surface area contributed by atoms with E-state index in [-0.39, 0.29) is 0 Å². The first-order chi connectivity index (χ1) is 12.7. The number of H-pyrrole nitrogens is 1. The highest BCUT2D eigenvalue weighted by atomic mass is 127. The second-order valence-corrected chi connectivity index (χ2v) is 7.91. The van der Waals surface area contributed by atoms with E-state index in [0.717, 1.165) is 33.9 Å². The lowest BCUT2D eigenvalue weighted by Crippen LogP contribution is -1.85. The van der Waals surface area contributed by atoms with Crippen LogP contribution in [0.3, 0.4) is 0 Å². The Hall–Kier alpha value is -2.12. The van der Waals surface area contributed by atoms with E-state index < -0.39 is 0 Å². The van der Waals surface area contributed by atoms with Crippen molar-refractivity contribution in [3.8, 4) is 33.9 Å². The van der Waals surface area contributed by atoms with Gasteiger partial charge in [0.15, 0.2) is 0 Å². The maximum atomic E-state index is 4.94. The molecule has 3 nitrogen and oxygen atoms in total. The van der Waals surface area contributed by atoms with Gasteiger partial charge in [-0.1, -0.05) is 24.3 Å². The Labute approximate surface area is 170 Å². The summed E-state index contributed by atoms with van der Waals surface area (Å²) in [6.07, 6.45) is 5.70. The van der Waals surface area contributed by atoms with Crippen LogP contribution in [0.25, 0.3) is 33.9 Å². The molecular weight excluding hydrogens is 453 g/mol. The number of aromatic nitrogens is 3. The second-order valence-electron chi connectivity index (χ2n) is 5.78. The van der Waals surface area contributed by atoms with E-state index in [4.69, 9.17) is 4.98 Å². The molecule has 2 aromatic heterocycles. The number of rotatable bonds is 4. The van der Waals surface area contributed by atoms with Crippen LogP contribution < -0.4 is 0 Å². The number of aromatic amines is 1. The zero-order valence-electron chi connectivity index (χ0n) is 14.1. The highest BCUT2D eigenvalue weighted by molar-refractivity contribution is 14.1. The molecule has 4 rings (SSSR count). The summed E-state index contributed by atoms with van der Waals surface area (Å²) >= 11 is 4.07. The Balaban J connectivity index is 1.87. The molecule has 0 atom stereocenters. The number of hydrogen-bond acceptors (Lipinski definition) is 3. The highest BCUT2D eigenvalue weighted by Gasteiger charge is 2.15. The molecule has 0 spiro atoms. The fourth-order valence-electron chi connectivity index (χ4n) is 2.83. The molecule has 2 heterocycles.